The third kappa shape index (κ3) is 3.61. The third-order valence-electron chi connectivity index (χ3n) is 4.34. The lowest BCUT2D eigenvalue weighted by atomic mass is 10.00. The molecule has 0 N–H and O–H groups in total. The average Bonchev–Trinajstić information content (AvgIpc) is 2.48. The highest BCUT2D eigenvalue weighted by atomic mass is 79.9. The van der Waals surface area contributed by atoms with Crippen molar-refractivity contribution in [1.82, 2.24) is 9.80 Å². The fourth-order valence-electron chi connectivity index (χ4n) is 3.15. The monoisotopic (exact) mass is 338 g/mol. The number of halogens is 1. The standard InChI is InChI=1S/C16H23BrN2O/c17-16-4-1-3-14-13-19(8-5-15(14)16)7-2-6-18-9-11-20-12-10-18/h1,3-4H,2,5-13H2. The number of hydrogen-bond donors (Lipinski definition) is 0. The molecule has 3 nitrogen and oxygen atoms in total. The highest BCUT2D eigenvalue weighted by Crippen LogP contribution is 2.26. The summed E-state index contributed by atoms with van der Waals surface area (Å²) in [5.41, 5.74) is 3.01. The van der Waals surface area contributed by atoms with Crippen molar-refractivity contribution >= 4 is 15.9 Å². The number of hydrogen-bond acceptors (Lipinski definition) is 3. The number of morpholine rings is 1. The predicted octanol–water partition coefficient (Wildman–Crippen LogP) is 2.53. The van der Waals surface area contributed by atoms with Crippen LogP contribution in [-0.2, 0) is 17.7 Å². The molecule has 110 valence electrons. The summed E-state index contributed by atoms with van der Waals surface area (Å²) in [4.78, 5) is 5.12. The molecule has 4 heteroatoms. The lowest BCUT2D eigenvalue weighted by Crippen LogP contribution is -2.38. The van der Waals surface area contributed by atoms with Crippen LogP contribution in [-0.4, -0.2) is 55.7 Å². The Labute approximate surface area is 130 Å². The van der Waals surface area contributed by atoms with Gasteiger partial charge >= 0.3 is 0 Å². The van der Waals surface area contributed by atoms with Gasteiger partial charge in [-0.2, -0.15) is 0 Å². The minimum atomic E-state index is 0.908. The summed E-state index contributed by atoms with van der Waals surface area (Å²) in [7, 11) is 0. The molecule has 0 saturated carbocycles. The molecule has 0 bridgehead atoms. The van der Waals surface area contributed by atoms with Crippen molar-refractivity contribution in [2.45, 2.75) is 19.4 Å². The molecular weight excluding hydrogens is 316 g/mol. The van der Waals surface area contributed by atoms with Gasteiger partial charge in [-0.1, -0.05) is 28.1 Å². The fourth-order valence-corrected chi connectivity index (χ4v) is 3.76. The van der Waals surface area contributed by atoms with Crippen molar-refractivity contribution in [1.29, 1.82) is 0 Å². The third-order valence-corrected chi connectivity index (χ3v) is 5.08. The molecule has 3 rings (SSSR count). The van der Waals surface area contributed by atoms with E-state index in [0.29, 0.717) is 0 Å². The Balaban J connectivity index is 1.46. The fraction of sp³-hybridized carbons (Fsp3) is 0.625. The van der Waals surface area contributed by atoms with Gasteiger partial charge in [-0.25, -0.2) is 0 Å². The molecule has 2 aliphatic rings. The number of fused-ring (bicyclic) bond motifs is 1. The maximum Gasteiger partial charge on any atom is 0.0594 e. The summed E-state index contributed by atoms with van der Waals surface area (Å²) < 4.78 is 6.67. The van der Waals surface area contributed by atoms with Crippen molar-refractivity contribution in [3.63, 3.8) is 0 Å². The number of benzene rings is 1. The van der Waals surface area contributed by atoms with E-state index in [9.17, 15) is 0 Å². The number of nitrogens with zero attached hydrogens (tertiary/aromatic N) is 2. The van der Waals surface area contributed by atoms with Gasteiger partial charge in [0.05, 0.1) is 13.2 Å². The minimum absolute atomic E-state index is 0.908. The average molecular weight is 339 g/mol. The zero-order chi connectivity index (χ0) is 13.8. The first kappa shape index (κ1) is 14.5. The molecule has 2 aliphatic heterocycles. The highest BCUT2D eigenvalue weighted by molar-refractivity contribution is 9.10. The minimum Gasteiger partial charge on any atom is -0.379 e. The normalized spacial score (nSPS) is 20.9. The van der Waals surface area contributed by atoms with E-state index in [1.54, 1.807) is 0 Å². The van der Waals surface area contributed by atoms with E-state index < -0.39 is 0 Å². The maximum absolute atomic E-state index is 5.39. The van der Waals surface area contributed by atoms with Crippen LogP contribution in [0.2, 0.25) is 0 Å². The first-order valence-corrected chi connectivity index (χ1v) is 8.41. The van der Waals surface area contributed by atoms with E-state index in [1.165, 1.54) is 48.1 Å². The van der Waals surface area contributed by atoms with Gasteiger partial charge in [0.25, 0.3) is 0 Å². The molecule has 1 aromatic rings. The largest absolute Gasteiger partial charge is 0.379 e. The SMILES string of the molecule is Brc1cccc2c1CCN(CCCN1CCOCC1)C2. The van der Waals surface area contributed by atoms with Crippen molar-refractivity contribution in [2.24, 2.45) is 0 Å². The molecule has 0 amide bonds. The molecular formula is C16H23BrN2O. The Kier molecular flexibility index (Phi) is 5.10. The van der Waals surface area contributed by atoms with Gasteiger partial charge < -0.3 is 4.74 Å². The van der Waals surface area contributed by atoms with Crippen LogP contribution in [0.5, 0.6) is 0 Å². The van der Waals surface area contributed by atoms with Gasteiger partial charge in [-0.15, -0.1) is 0 Å². The van der Waals surface area contributed by atoms with Crippen LogP contribution in [0.1, 0.15) is 17.5 Å². The quantitative estimate of drug-likeness (QED) is 0.838. The Hall–Kier alpha value is -0.420. The van der Waals surface area contributed by atoms with Gasteiger partial charge in [0.1, 0.15) is 0 Å². The number of ether oxygens (including phenoxy) is 1. The summed E-state index contributed by atoms with van der Waals surface area (Å²) >= 11 is 3.67. The number of rotatable bonds is 4. The summed E-state index contributed by atoms with van der Waals surface area (Å²) in [5.74, 6) is 0. The molecule has 1 saturated heterocycles. The second kappa shape index (κ2) is 7.03. The van der Waals surface area contributed by atoms with Gasteiger partial charge in [-0.3, -0.25) is 9.80 Å². The van der Waals surface area contributed by atoms with Crippen molar-refractivity contribution in [2.75, 3.05) is 45.9 Å². The van der Waals surface area contributed by atoms with Gasteiger partial charge in [0.2, 0.25) is 0 Å². The van der Waals surface area contributed by atoms with Crippen LogP contribution in [0, 0.1) is 0 Å². The van der Waals surface area contributed by atoms with Crippen LogP contribution in [0.4, 0.5) is 0 Å². The van der Waals surface area contributed by atoms with Crippen LogP contribution in [0.25, 0.3) is 0 Å². The van der Waals surface area contributed by atoms with E-state index >= 15 is 0 Å². The molecule has 0 atom stereocenters. The molecule has 1 aromatic carbocycles. The molecule has 0 unspecified atom stereocenters. The summed E-state index contributed by atoms with van der Waals surface area (Å²) in [6.45, 7) is 8.76. The molecule has 0 spiro atoms. The first-order valence-electron chi connectivity index (χ1n) is 7.61. The van der Waals surface area contributed by atoms with Gasteiger partial charge in [-0.05, 0) is 43.1 Å². The van der Waals surface area contributed by atoms with Crippen LogP contribution >= 0.6 is 15.9 Å². The van der Waals surface area contributed by atoms with Crippen LogP contribution < -0.4 is 0 Å². The van der Waals surface area contributed by atoms with Crippen molar-refractivity contribution in [3.8, 4) is 0 Å². The van der Waals surface area contributed by atoms with Crippen molar-refractivity contribution < 1.29 is 4.74 Å². The van der Waals surface area contributed by atoms with Gasteiger partial charge in [0.15, 0.2) is 0 Å². The van der Waals surface area contributed by atoms with Crippen LogP contribution in [0.15, 0.2) is 22.7 Å². The van der Waals surface area contributed by atoms with E-state index in [0.717, 1.165) is 32.8 Å². The van der Waals surface area contributed by atoms with Gasteiger partial charge in [0, 0.05) is 30.7 Å². The summed E-state index contributed by atoms with van der Waals surface area (Å²) in [6, 6.07) is 6.58. The molecule has 0 radical (unpaired) electrons. The molecule has 20 heavy (non-hydrogen) atoms. The Morgan fingerprint density at radius 3 is 2.70 bits per heavy atom. The second-order valence-corrected chi connectivity index (χ2v) is 6.57. The molecule has 0 aliphatic carbocycles. The second-order valence-electron chi connectivity index (χ2n) is 5.71. The Morgan fingerprint density at radius 2 is 1.85 bits per heavy atom. The highest BCUT2D eigenvalue weighted by Gasteiger charge is 2.18. The van der Waals surface area contributed by atoms with E-state index in [-0.39, 0.29) is 0 Å². The van der Waals surface area contributed by atoms with E-state index in [4.69, 9.17) is 4.74 Å². The van der Waals surface area contributed by atoms with E-state index in [1.807, 2.05) is 0 Å². The summed E-state index contributed by atoms with van der Waals surface area (Å²) in [6.07, 6.45) is 2.44. The zero-order valence-corrected chi connectivity index (χ0v) is 13.6. The molecule has 1 fully saturated rings. The molecule has 2 heterocycles. The maximum atomic E-state index is 5.39. The Bertz CT molecular complexity index is 446. The predicted molar refractivity (Wildman–Crippen MR) is 85.0 cm³/mol. The lowest BCUT2D eigenvalue weighted by Gasteiger charge is -2.31. The zero-order valence-electron chi connectivity index (χ0n) is 12.0. The lowest BCUT2D eigenvalue weighted by molar-refractivity contribution is 0.0359. The smallest absolute Gasteiger partial charge is 0.0594 e. The summed E-state index contributed by atoms with van der Waals surface area (Å²) in [5, 5.41) is 0. The topological polar surface area (TPSA) is 15.7 Å². The van der Waals surface area contributed by atoms with E-state index in [2.05, 4.69) is 43.9 Å². The van der Waals surface area contributed by atoms with Crippen molar-refractivity contribution in [3.05, 3.63) is 33.8 Å². The first-order chi connectivity index (χ1) is 9.83. The molecule has 0 aromatic heterocycles. The Morgan fingerprint density at radius 1 is 1.05 bits per heavy atom. The van der Waals surface area contributed by atoms with Crippen LogP contribution in [0.3, 0.4) is 0 Å².